The predicted octanol–water partition coefficient (Wildman–Crippen LogP) is 4.38. The largest absolute Gasteiger partial charge is 0.484 e. The summed E-state index contributed by atoms with van der Waals surface area (Å²) in [4.78, 5) is 0. The first kappa shape index (κ1) is 16.6. The van der Waals surface area contributed by atoms with E-state index in [9.17, 15) is 0 Å². The normalized spacial score (nSPS) is 11.0. The van der Waals surface area contributed by atoms with E-state index in [1.54, 1.807) is 10.7 Å². The molecular weight excluding hydrogens is 400 g/mol. The summed E-state index contributed by atoms with van der Waals surface area (Å²) >= 11 is 3.45. The van der Waals surface area contributed by atoms with Crippen LogP contribution < -0.4 is 4.74 Å². The number of rotatable bonds is 5. The Morgan fingerprint density at radius 3 is 2.65 bits per heavy atom. The third-order valence-corrected chi connectivity index (χ3v) is 4.40. The van der Waals surface area contributed by atoms with Gasteiger partial charge in [-0.1, -0.05) is 12.1 Å². The standard InChI is InChI=1S/C18H15BrN4O3/c1-11-13(9-23(2)22-11)17-20-21-18(26-17)16-8-7-12(25-16)10-24-15-6-4-3-5-14(15)19/h3-9H,10H2,1-2H3. The molecule has 3 heterocycles. The van der Waals surface area contributed by atoms with Gasteiger partial charge < -0.3 is 13.6 Å². The number of furan rings is 1. The summed E-state index contributed by atoms with van der Waals surface area (Å²) < 4.78 is 19.8. The molecule has 0 aliphatic rings. The lowest BCUT2D eigenvalue weighted by atomic mass is 10.3. The highest BCUT2D eigenvalue weighted by Crippen LogP contribution is 2.28. The van der Waals surface area contributed by atoms with Gasteiger partial charge in [0.05, 0.1) is 15.7 Å². The second-order valence-corrected chi connectivity index (χ2v) is 6.55. The van der Waals surface area contributed by atoms with Crippen molar-refractivity contribution in [2.24, 2.45) is 7.05 Å². The molecule has 132 valence electrons. The Bertz CT molecular complexity index is 1050. The number of halogens is 1. The number of aryl methyl sites for hydroxylation is 2. The van der Waals surface area contributed by atoms with E-state index < -0.39 is 0 Å². The molecule has 0 unspecified atom stereocenters. The van der Waals surface area contributed by atoms with E-state index in [2.05, 4.69) is 31.2 Å². The first-order valence-electron chi connectivity index (χ1n) is 7.90. The van der Waals surface area contributed by atoms with E-state index in [0.29, 0.717) is 29.9 Å². The Hall–Kier alpha value is -2.87. The van der Waals surface area contributed by atoms with Crippen molar-refractivity contribution in [2.45, 2.75) is 13.5 Å². The molecule has 0 amide bonds. The fourth-order valence-corrected chi connectivity index (χ4v) is 2.92. The van der Waals surface area contributed by atoms with Crippen LogP contribution >= 0.6 is 15.9 Å². The van der Waals surface area contributed by atoms with Crippen LogP contribution in [0.4, 0.5) is 0 Å². The van der Waals surface area contributed by atoms with Gasteiger partial charge in [0.1, 0.15) is 18.1 Å². The molecule has 0 aliphatic heterocycles. The Balaban J connectivity index is 1.50. The lowest BCUT2D eigenvalue weighted by Gasteiger charge is -2.05. The molecule has 0 aliphatic carbocycles. The van der Waals surface area contributed by atoms with Gasteiger partial charge in [0, 0.05) is 13.2 Å². The van der Waals surface area contributed by atoms with Gasteiger partial charge in [0.15, 0.2) is 5.76 Å². The highest BCUT2D eigenvalue weighted by Gasteiger charge is 2.17. The summed E-state index contributed by atoms with van der Waals surface area (Å²) in [6.45, 7) is 2.19. The van der Waals surface area contributed by atoms with E-state index in [1.807, 2.05) is 50.5 Å². The van der Waals surface area contributed by atoms with Crippen LogP contribution in [0.5, 0.6) is 5.75 Å². The molecule has 26 heavy (non-hydrogen) atoms. The minimum Gasteiger partial charge on any atom is -0.484 e. The molecule has 0 atom stereocenters. The maximum absolute atomic E-state index is 5.76. The first-order valence-corrected chi connectivity index (χ1v) is 8.70. The van der Waals surface area contributed by atoms with Crippen LogP contribution in [0.25, 0.3) is 23.1 Å². The molecular formula is C18H15BrN4O3. The molecule has 1 aromatic carbocycles. The van der Waals surface area contributed by atoms with Gasteiger partial charge in [-0.05, 0) is 47.1 Å². The number of hydrogen-bond acceptors (Lipinski definition) is 6. The van der Waals surface area contributed by atoms with Crippen molar-refractivity contribution >= 4 is 15.9 Å². The number of hydrogen-bond donors (Lipinski definition) is 0. The summed E-state index contributed by atoms with van der Waals surface area (Å²) in [6, 6.07) is 11.3. The minimum atomic E-state index is 0.297. The van der Waals surface area contributed by atoms with Crippen molar-refractivity contribution < 1.29 is 13.6 Å². The molecule has 0 N–H and O–H groups in total. The lowest BCUT2D eigenvalue weighted by molar-refractivity contribution is 0.269. The molecule has 4 rings (SSSR count). The molecule has 4 aromatic rings. The summed E-state index contributed by atoms with van der Waals surface area (Å²) in [5.74, 6) is 2.63. The van der Waals surface area contributed by atoms with E-state index in [0.717, 1.165) is 21.5 Å². The van der Waals surface area contributed by atoms with E-state index in [1.165, 1.54) is 0 Å². The van der Waals surface area contributed by atoms with Gasteiger partial charge in [-0.3, -0.25) is 4.68 Å². The molecule has 0 saturated carbocycles. The Labute approximate surface area is 157 Å². The predicted molar refractivity (Wildman–Crippen MR) is 97.4 cm³/mol. The summed E-state index contributed by atoms with van der Waals surface area (Å²) in [7, 11) is 1.84. The van der Waals surface area contributed by atoms with E-state index >= 15 is 0 Å². The van der Waals surface area contributed by atoms with Crippen LogP contribution in [0.15, 0.2) is 55.9 Å². The molecule has 8 heteroatoms. The van der Waals surface area contributed by atoms with Crippen molar-refractivity contribution in [1.82, 2.24) is 20.0 Å². The van der Waals surface area contributed by atoms with Crippen molar-refractivity contribution in [2.75, 3.05) is 0 Å². The quantitative estimate of drug-likeness (QED) is 0.481. The van der Waals surface area contributed by atoms with Crippen molar-refractivity contribution in [3.8, 4) is 28.9 Å². The summed E-state index contributed by atoms with van der Waals surface area (Å²) in [6.07, 6.45) is 1.84. The van der Waals surface area contributed by atoms with Crippen LogP contribution in [0.3, 0.4) is 0 Å². The molecule has 0 fully saturated rings. The topological polar surface area (TPSA) is 79.1 Å². The van der Waals surface area contributed by atoms with Gasteiger partial charge >= 0.3 is 0 Å². The number of para-hydroxylation sites is 1. The molecule has 0 radical (unpaired) electrons. The highest BCUT2D eigenvalue weighted by atomic mass is 79.9. The molecule has 0 saturated heterocycles. The Kier molecular flexibility index (Phi) is 4.34. The molecule has 0 spiro atoms. The van der Waals surface area contributed by atoms with Gasteiger partial charge in [-0.25, -0.2) is 0 Å². The number of ether oxygens (including phenoxy) is 1. The zero-order valence-electron chi connectivity index (χ0n) is 14.1. The van der Waals surface area contributed by atoms with Crippen LogP contribution in [0, 0.1) is 6.92 Å². The number of nitrogens with zero attached hydrogens (tertiary/aromatic N) is 4. The molecule has 3 aromatic heterocycles. The van der Waals surface area contributed by atoms with Crippen LogP contribution in [-0.4, -0.2) is 20.0 Å². The Morgan fingerprint density at radius 2 is 1.88 bits per heavy atom. The second-order valence-electron chi connectivity index (χ2n) is 5.70. The fraction of sp³-hybridized carbons (Fsp3) is 0.167. The van der Waals surface area contributed by atoms with Crippen LogP contribution in [0.2, 0.25) is 0 Å². The first-order chi connectivity index (χ1) is 12.6. The maximum atomic E-state index is 5.76. The molecule has 0 bridgehead atoms. The van der Waals surface area contributed by atoms with Crippen molar-refractivity contribution in [1.29, 1.82) is 0 Å². The number of aromatic nitrogens is 4. The van der Waals surface area contributed by atoms with E-state index in [4.69, 9.17) is 13.6 Å². The average molecular weight is 415 g/mol. The number of benzene rings is 1. The van der Waals surface area contributed by atoms with Gasteiger partial charge in [-0.15, -0.1) is 10.2 Å². The Morgan fingerprint density at radius 1 is 1.08 bits per heavy atom. The third-order valence-electron chi connectivity index (χ3n) is 3.75. The SMILES string of the molecule is Cc1nn(C)cc1-c1nnc(-c2ccc(COc3ccccc3Br)o2)o1. The van der Waals surface area contributed by atoms with Gasteiger partial charge in [0.25, 0.3) is 11.8 Å². The summed E-state index contributed by atoms with van der Waals surface area (Å²) in [5, 5.41) is 12.4. The second kappa shape index (κ2) is 6.80. The third kappa shape index (κ3) is 3.28. The maximum Gasteiger partial charge on any atom is 0.283 e. The molecule has 7 nitrogen and oxygen atoms in total. The summed E-state index contributed by atoms with van der Waals surface area (Å²) in [5.41, 5.74) is 1.62. The zero-order chi connectivity index (χ0) is 18.1. The highest BCUT2D eigenvalue weighted by molar-refractivity contribution is 9.10. The van der Waals surface area contributed by atoms with Gasteiger partial charge in [-0.2, -0.15) is 5.10 Å². The fourth-order valence-electron chi connectivity index (χ4n) is 2.52. The van der Waals surface area contributed by atoms with Crippen LogP contribution in [0.1, 0.15) is 11.5 Å². The van der Waals surface area contributed by atoms with Crippen molar-refractivity contribution in [3.63, 3.8) is 0 Å². The van der Waals surface area contributed by atoms with Gasteiger partial charge in [0.2, 0.25) is 0 Å². The smallest absolute Gasteiger partial charge is 0.283 e. The monoisotopic (exact) mass is 414 g/mol. The van der Waals surface area contributed by atoms with Crippen molar-refractivity contribution in [3.05, 3.63) is 58.5 Å². The average Bonchev–Trinajstić information content (AvgIpc) is 3.33. The minimum absolute atomic E-state index is 0.297. The van der Waals surface area contributed by atoms with Crippen LogP contribution in [-0.2, 0) is 13.7 Å². The zero-order valence-corrected chi connectivity index (χ0v) is 15.7. The lowest BCUT2D eigenvalue weighted by Crippen LogP contribution is -1.94. The van der Waals surface area contributed by atoms with E-state index in [-0.39, 0.29) is 0 Å².